The third-order valence-corrected chi connectivity index (χ3v) is 5.63. The Labute approximate surface area is 176 Å². The number of nitrogens with one attached hydrogen (secondary N) is 1. The Balaban J connectivity index is 1.80. The first-order chi connectivity index (χ1) is 14.5. The van der Waals surface area contributed by atoms with Crippen LogP contribution >= 0.6 is 11.8 Å². The summed E-state index contributed by atoms with van der Waals surface area (Å²) >= 11 is 1.36. The molecule has 0 bridgehead atoms. The molecule has 1 amide bonds. The van der Waals surface area contributed by atoms with Crippen LogP contribution in [0.4, 0.5) is 11.4 Å². The van der Waals surface area contributed by atoms with Crippen molar-refractivity contribution >= 4 is 39.9 Å². The number of benzene rings is 2. The predicted octanol–water partition coefficient (Wildman–Crippen LogP) is 5.10. The van der Waals surface area contributed by atoms with Crippen molar-refractivity contribution in [3.8, 4) is 0 Å². The van der Waals surface area contributed by atoms with Crippen molar-refractivity contribution in [3.63, 3.8) is 0 Å². The zero-order valence-electron chi connectivity index (χ0n) is 16.1. The van der Waals surface area contributed by atoms with Crippen LogP contribution < -0.4 is 5.32 Å². The topological polar surface area (TPSA) is 90.1 Å². The first-order valence-electron chi connectivity index (χ1n) is 9.22. The van der Waals surface area contributed by atoms with Crippen LogP contribution in [0.3, 0.4) is 0 Å². The van der Waals surface area contributed by atoms with E-state index < -0.39 is 0 Å². The predicted molar refractivity (Wildman–Crippen MR) is 117 cm³/mol. The lowest BCUT2D eigenvalue weighted by molar-refractivity contribution is -0.387. The number of anilines is 1. The minimum atomic E-state index is -0.369. The van der Waals surface area contributed by atoms with Crippen LogP contribution in [0, 0.1) is 10.1 Å². The number of para-hydroxylation sites is 1. The highest BCUT2D eigenvalue weighted by Gasteiger charge is 2.17. The lowest BCUT2D eigenvalue weighted by Crippen LogP contribution is -2.05. The van der Waals surface area contributed by atoms with Gasteiger partial charge in [0.15, 0.2) is 0 Å². The number of hydrogen-bond acceptors (Lipinski definition) is 5. The Hall–Kier alpha value is -3.65. The fourth-order valence-corrected chi connectivity index (χ4v) is 4.35. The summed E-state index contributed by atoms with van der Waals surface area (Å²) in [5.41, 5.74) is 2.72. The first-order valence-corrected chi connectivity index (χ1v) is 10.0. The summed E-state index contributed by atoms with van der Waals surface area (Å²) < 4.78 is 2.06. The number of nitro benzene ring substituents is 1. The van der Waals surface area contributed by atoms with E-state index in [1.165, 1.54) is 24.8 Å². The average Bonchev–Trinajstić information content (AvgIpc) is 3.05. The zero-order valence-corrected chi connectivity index (χ0v) is 16.9. The normalized spacial score (nSPS) is 10.8. The SMILES string of the molecule is CC(=O)Nc1ccc2c(Sc3ccccc3[N+](=O)[O-])cn(Cc3cccnc3)c2c1. The molecule has 0 atom stereocenters. The summed E-state index contributed by atoms with van der Waals surface area (Å²) in [4.78, 5) is 28.2. The van der Waals surface area contributed by atoms with E-state index in [1.807, 2.05) is 36.5 Å². The second kappa shape index (κ2) is 8.38. The minimum Gasteiger partial charge on any atom is -0.342 e. The van der Waals surface area contributed by atoms with E-state index >= 15 is 0 Å². The highest BCUT2D eigenvalue weighted by molar-refractivity contribution is 7.99. The molecule has 4 rings (SSSR count). The zero-order chi connectivity index (χ0) is 21.1. The summed E-state index contributed by atoms with van der Waals surface area (Å²) in [6.07, 6.45) is 5.51. The van der Waals surface area contributed by atoms with Gasteiger partial charge in [-0.25, -0.2) is 0 Å². The third kappa shape index (κ3) is 4.18. The van der Waals surface area contributed by atoms with Crippen molar-refractivity contribution in [1.82, 2.24) is 9.55 Å². The number of nitrogens with zero attached hydrogens (tertiary/aromatic N) is 3. The fourth-order valence-electron chi connectivity index (χ4n) is 3.25. The van der Waals surface area contributed by atoms with Crippen molar-refractivity contribution in [2.45, 2.75) is 23.3 Å². The Bertz CT molecular complexity index is 1240. The van der Waals surface area contributed by atoms with Gasteiger partial charge in [-0.15, -0.1) is 0 Å². The van der Waals surface area contributed by atoms with E-state index in [0.29, 0.717) is 17.1 Å². The molecule has 7 nitrogen and oxygen atoms in total. The molecule has 2 heterocycles. The molecule has 0 radical (unpaired) electrons. The van der Waals surface area contributed by atoms with Crippen molar-refractivity contribution in [2.24, 2.45) is 0 Å². The molecule has 150 valence electrons. The molecule has 0 saturated heterocycles. The summed E-state index contributed by atoms with van der Waals surface area (Å²) in [7, 11) is 0. The standard InChI is InChI=1S/C22H18N4O3S/c1-15(27)24-17-8-9-18-20(11-17)25(13-16-5-4-10-23-12-16)14-22(18)30-21-7-3-2-6-19(21)26(28)29/h2-12,14H,13H2,1H3,(H,24,27). The maximum Gasteiger partial charge on any atom is 0.283 e. The van der Waals surface area contributed by atoms with E-state index in [4.69, 9.17) is 0 Å². The van der Waals surface area contributed by atoms with Gasteiger partial charge < -0.3 is 9.88 Å². The van der Waals surface area contributed by atoms with Crippen LogP contribution in [0.25, 0.3) is 10.9 Å². The number of amides is 1. The highest BCUT2D eigenvalue weighted by Crippen LogP contribution is 2.40. The fraction of sp³-hybridized carbons (Fsp3) is 0.0909. The van der Waals surface area contributed by atoms with Gasteiger partial charge in [0.25, 0.3) is 5.69 Å². The minimum absolute atomic E-state index is 0.0746. The number of carbonyl (C=O) groups excluding carboxylic acids is 1. The van der Waals surface area contributed by atoms with Gasteiger partial charge in [-0.05, 0) is 35.9 Å². The van der Waals surface area contributed by atoms with E-state index in [-0.39, 0.29) is 16.5 Å². The molecule has 0 aliphatic heterocycles. The number of hydrogen-bond donors (Lipinski definition) is 1. The molecule has 0 aliphatic carbocycles. The smallest absolute Gasteiger partial charge is 0.283 e. The number of nitro groups is 1. The molecule has 30 heavy (non-hydrogen) atoms. The summed E-state index contributed by atoms with van der Waals surface area (Å²) in [6.45, 7) is 2.06. The second-order valence-corrected chi connectivity index (χ2v) is 7.81. The molecular weight excluding hydrogens is 400 g/mol. The lowest BCUT2D eigenvalue weighted by atomic mass is 10.2. The van der Waals surface area contributed by atoms with Gasteiger partial charge >= 0.3 is 0 Å². The lowest BCUT2D eigenvalue weighted by Gasteiger charge is -2.07. The second-order valence-electron chi connectivity index (χ2n) is 6.72. The maximum atomic E-state index is 11.5. The van der Waals surface area contributed by atoms with Crippen molar-refractivity contribution in [2.75, 3.05) is 5.32 Å². The van der Waals surface area contributed by atoms with Crippen LogP contribution in [-0.2, 0) is 11.3 Å². The van der Waals surface area contributed by atoms with Crippen molar-refractivity contribution < 1.29 is 9.72 Å². The Kier molecular flexibility index (Phi) is 5.49. The van der Waals surface area contributed by atoms with Crippen LogP contribution in [0.1, 0.15) is 12.5 Å². The van der Waals surface area contributed by atoms with Crippen LogP contribution in [-0.4, -0.2) is 20.4 Å². The number of fused-ring (bicyclic) bond motifs is 1. The van der Waals surface area contributed by atoms with E-state index in [9.17, 15) is 14.9 Å². The molecule has 8 heteroatoms. The number of pyridine rings is 1. The van der Waals surface area contributed by atoms with E-state index in [2.05, 4.69) is 14.9 Å². The molecule has 2 aromatic heterocycles. The summed E-state index contributed by atoms with van der Waals surface area (Å²) in [5.74, 6) is -0.144. The Morgan fingerprint density at radius 2 is 2.00 bits per heavy atom. The highest BCUT2D eigenvalue weighted by atomic mass is 32.2. The van der Waals surface area contributed by atoms with Gasteiger partial charge in [-0.2, -0.15) is 0 Å². The quantitative estimate of drug-likeness (QED) is 0.347. The molecule has 0 aliphatic rings. The van der Waals surface area contributed by atoms with Gasteiger partial charge in [-0.3, -0.25) is 19.9 Å². The summed E-state index contributed by atoms with van der Waals surface area (Å²) in [6, 6.07) is 16.3. The molecule has 2 aromatic carbocycles. The van der Waals surface area contributed by atoms with E-state index in [1.54, 1.807) is 30.6 Å². The largest absolute Gasteiger partial charge is 0.342 e. The maximum absolute atomic E-state index is 11.5. The van der Waals surface area contributed by atoms with Crippen molar-refractivity contribution in [1.29, 1.82) is 0 Å². The van der Waals surface area contributed by atoms with Crippen molar-refractivity contribution in [3.05, 3.63) is 88.9 Å². The van der Waals surface area contributed by atoms with Crippen LogP contribution in [0.2, 0.25) is 0 Å². The molecule has 0 fully saturated rings. The number of aromatic nitrogens is 2. The average molecular weight is 418 g/mol. The van der Waals surface area contributed by atoms with Crippen LogP contribution in [0.15, 0.2) is 83.0 Å². The third-order valence-electron chi connectivity index (χ3n) is 4.52. The monoisotopic (exact) mass is 418 g/mol. The van der Waals surface area contributed by atoms with Gasteiger partial charge in [0.05, 0.1) is 15.3 Å². The van der Waals surface area contributed by atoms with Gasteiger partial charge in [0.2, 0.25) is 5.91 Å². The number of carbonyl (C=O) groups is 1. The van der Waals surface area contributed by atoms with Gasteiger partial charge in [-0.1, -0.05) is 30.0 Å². The first kappa shape index (κ1) is 19.7. The van der Waals surface area contributed by atoms with Gasteiger partial charge in [0, 0.05) is 54.1 Å². The Morgan fingerprint density at radius 1 is 1.17 bits per heavy atom. The molecule has 0 spiro atoms. The Morgan fingerprint density at radius 3 is 2.73 bits per heavy atom. The van der Waals surface area contributed by atoms with Gasteiger partial charge in [0.1, 0.15) is 0 Å². The van der Waals surface area contributed by atoms with Crippen LogP contribution in [0.5, 0.6) is 0 Å². The molecule has 0 unspecified atom stereocenters. The van der Waals surface area contributed by atoms with E-state index in [0.717, 1.165) is 21.4 Å². The molecule has 0 saturated carbocycles. The molecule has 1 N–H and O–H groups in total. The summed E-state index contributed by atoms with van der Waals surface area (Å²) in [5, 5.41) is 15.2. The molecule has 4 aromatic rings. The number of rotatable bonds is 6. The molecular formula is C22H18N4O3S.